The average molecular weight is 357 g/mol. The van der Waals surface area contributed by atoms with E-state index in [4.69, 9.17) is 0 Å². The molecule has 0 spiro atoms. The van der Waals surface area contributed by atoms with Gasteiger partial charge >= 0.3 is 0 Å². The van der Waals surface area contributed by atoms with Gasteiger partial charge in [0.15, 0.2) is 0 Å². The van der Waals surface area contributed by atoms with E-state index in [2.05, 4.69) is 47.1 Å². The first-order valence-corrected chi connectivity index (χ1v) is 11.4. The average Bonchev–Trinajstić information content (AvgIpc) is 2.71. The molecule has 0 aliphatic carbocycles. The van der Waals surface area contributed by atoms with Gasteiger partial charge in [-0.3, -0.25) is 9.80 Å². The molecule has 1 aromatic rings. The molecule has 146 valence electrons. The third kappa shape index (κ3) is 5.82. The molecule has 2 fully saturated rings. The number of nitrogens with zero attached hydrogens (tertiary/aromatic N) is 2. The summed E-state index contributed by atoms with van der Waals surface area (Å²) in [7, 11) is 0. The lowest BCUT2D eigenvalue weighted by molar-refractivity contribution is -0.0257. The van der Waals surface area contributed by atoms with Gasteiger partial charge in [0.1, 0.15) is 0 Å². The largest absolute Gasteiger partial charge is 0.288 e. The summed E-state index contributed by atoms with van der Waals surface area (Å²) in [5.41, 5.74) is 1.51. The second-order valence-corrected chi connectivity index (χ2v) is 8.53. The van der Waals surface area contributed by atoms with E-state index in [-0.39, 0.29) is 0 Å². The molecule has 1 unspecified atom stereocenters. The second kappa shape index (κ2) is 11.1. The van der Waals surface area contributed by atoms with Crippen molar-refractivity contribution in [3.8, 4) is 0 Å². The Morgan fingerprint density at radius 3 is 1.88 bits per heavy atom. The standard InChI is InChI=1S/C24H40N2/c1-2-13-23(17-12-16-22-14-6-3-7-15-22)24(25-18-8-4-9-19-25)26-20-10-5-11-21-26/h3,6-7,14-15,23-24H,2,4-5,8-13,16-21H2,1H3. The fourth-order valence-corrected chi connectivity index (χ4v) is 5.22. The maximum Gasteiger partial charge on any atom is 0.0651 e. The summed E-state index contributed by atoms with van der Waals surface area (Å²) >= 11 is 0. The molecule has 2 saturated heterocycles. The topological polar surface area (TPSA) is 6.48 Å². The zero-order valence-corrected chi connectivity index (χ0v) is 17.0. The molecular formula is C24H40N2. The highest BCUT2D eigenvalue weighted by molar-refractivity contribution is 5.14. The number of aryl methyl sites for hydroxylation is 1. The van der Waals surface area contributed by atoms with Crippen molar-refractivity contribution in [1.29, 1.82) is 0 Å². The van der Waals surface area contributed by atoms with E-state index in [9.17, 15) is 0 Å². The van der Waals surface area contributed by atoms with Crippen LogP contribution in [-0.2, 0) is 6.42 Å². The Kier molecular flexibility index (Phi) is 8.48. The first kappa shape index (κ1) is 19.9. The Balaban J connectivity index is 1.64. The van der Waals surface area contributed by atoms with Crippen molar-refractivity contribution in [3.63, 3.8) is 0 Å². The second-order valence-electron chi connectivity index (χ2n) is 8.53. The summed E-state index contributed by atoms with van der Waals surface area (Å²) in [6.45, 7) is 7.72. The monoisotopic (exact) mass is 356 g/mol. The predicted molar refractivity (Wildman–Crippen MR) is 112 cm³/mol. The summed E-state index contributed by atoms with van der Waals surface area (Å²) in [5, 5.41) is 0. The minimum atomic E-state index is 0.714. The number of rotatable bonds is 9. The maximum absolute atomic E-state index is 2.87. The number of benzene rings is 1. The van der Waals surface area contributed by atoms with E-state index in [0.717, 1.165) is 5.92 Å². The van der Waals surface area contributed by atoms with E-state index >= 15 is 0 Å². The van der Waals surface area contributed by atoms with E-state index in [1.165, 1.54) is 102 Å². The van der Waals surface area contributed by atoms with Crippen LogP contribution in [0.15, 0.2) is 30.3 Å². The Labute approximate surface area is 162 Å². The fraction of sp³-hybridized carbons (Fsp3) is 0.750. The first-order valence-electron chi connectivity index (χ1n) is 11.4. The summed E-state index contributed by atoms with van der Waals surface area (Å²) in [5.74, 6) is 0.847. The van der Waals surface area contributed by atoms with Crippen LogP contribution < -0.4 is 0 Å². The molecular weight excluding hydrogens is 316 g/mol. The van der Waals surface area contributed by atoms with Crippen molar-refractivity contribution in [1.82, 2.24) is 9.80 Å². The smallest absolute Gasteiger partial charge is 0.0651 e. The summed E-state index contributed by atoms with van der Waals surface area (Å²) < 4.78 is 0. The first-order chi connectivity index (χ1) is 12.9. The van der Waals surface area contributed by atoms with E-state index < -0.39 is 0 Å². The minimum absolute atomic E-state index is 0.714. The van der Waals surface area contributed by atoms with Gasteiger partial charge in [-0.2, -0.15) is 0 Å². The van der Waals surface area contributed by atoms with Gasteiger partial charge in [0.25, 0.3) is 0 Å². The Bertz CT molecular complexity index is 456. The molecule has 0 radical (unpaired) electrons. The van der Waals surface area contributed by atoms with Gasteiger partial charge in [-0.05, 0) is 89.0 Å². The molecule has 26 heavy (non-hydrogen) atoms. The number of hydrogen-bond donors (Lipinski definition) is 0. The van der Waals surface area contributed by atoms with Crippen LogP contribution >= 0.6 is 0 Å². The van der Waals surface area contributed by atoms with Crippen LogP contribution in [0.25, 0.3) is 0 Å². The lowest BCUT2D eigenvalue weighted by Gasteiger charge is -2.47. The van der Waals surface area contributed by atoms with Crippen LogP contribution in [-0.4, -0.2) is 42.1 Å². The third-order valence-electron chi connectivity index (χ3n) is 6.49. The van der Waals surface area contributed by atoms with Gasteiger partial charge < -0.3 is 0 Å². The number of piperidine rings is 2. The van der Waals surface area contributed by atoms with Gasteiger partial charge in [-0.15, -0.1) is 0 Å². The molecule has 0 bridgehead atoms. The van der Waals surface area contributed by atoms with Crippen molar-refractivity contribution in [3.05, 3.63) is 35.9 Å². The van der Waals surface area contributed by atoms with Crippen LogP contribution in [0.2, 0.25) is 0 Å². The zero-order valence-electron chi connectivity index (χ0n) is 17.0. The highest BCUT2D eigenvalue weighted by Gasteiger charge is 2.33. The highest BCUT2D eigenvalue weighted by atomic mass is 15.4. The van der Waals surface area contributed by atoms with Crippen LogP contribution in [0.5, 0.6) is 0 Å². The molecule has 0 N–H and O–H groups in total. The zero-order chi connectivity index (χ0) is 18.0. The van der Waals surface area contributed by atoms with Crippen molar-refractivity contribution in [2.75, 3.05) is 26.2 Å². The molecule has 2 heterocycles. The van der Waals surface area contributed by atoms with Crippen LogP contribution in [0.3, 0.4) is 0 Å². The molecule has 1 aromatic carbocycles. The Morgan fingerprint density at radius 2 is 1.35 bits per heavy atom. The SMILES string of the molecule is CCCC(CCCc1ccccc1)C(N1CCCCC1)N1CCCCC1. The minimum Gasteiger partial charge on any atom is -0.288 e. The molecule has 1 atom stereocenters. The van der Waals surface area contributed by atoms with Gasteiger partial charge in [-0.1, -0.05) is 56.5 Å². The van der Waals surface area contributed by atoms with Gasteiger partial charge in [-0.25, -0.2) is 0 Å². The molecule has 3 rings (SSSR count). The predicted octanol–water partition coefficient (Wildman–Crippen LogP) is 5.72. The van der Waals surface area contributed by atoms with E-state index in [0.29, 0.717) is 6.17 Å². The summed E-state index contributed by atoms with van der Waals surface area (Å²) in [6.07, 6.45) is 15.9. The highest BCUT2D eigenvalue weighted by Crippen LogP contribution is 2.30. The Hall–Kier alpha value is -0.860. The Morgan fingerprint density at radius 1 is 0.769 bits per heavy atom. The van der Waals surface area contributed by atoms with Crippen LogP contribution in [0.1, 0.15) is 76.7 Å². The summed E-state index contributed by atoms with van der Waals surface area (Å²) in [6, 6.07) is 11.1. The van der Waals surface area contributed by atoms with Crippen molar-refractivity contribution >= 4 is 0 Å². The molecule has 0 aromatic heterocycles. The summed E-state index contributed by atoms with van der Waals surface area (Å²) in [4.78, 5) is 5.75. The lowest BCUT2D eigenvalue weighted by Crippen LogP contribution is -2.55. The van der Waals surface area contributed by atoms with Crippen molar-refractivity contribution in [2.45, 2.75) is 83.7 Å². The van der Waals surface area contributed by atoms with E-state index in [1.807, 2.05) is 0 Å². The normalized spacial score (nSPS) is 21.2. The molecule has 2 aliphatic rings. The van der Waals surface area contributed by atoms with Crippen LogP contribution in [0, 0.1) is 5.92 Å². The molecule has 0 saturated carbocycles. The van der Waals surface area contributed by atoms with Crippen molar-refractivity contribution < 1.29 is 0 Å². The van der Waals surface area contributed by atoms with Crippen LogP contribution in [0.4, 0.5) is 0 Å². The molecule has 2 nitrogen and oxygen atoms in total. The fourth-order valence-electron chi connectivity index (χ4n) is 5.22. The van der Waals surface area contributed by atoms with Gasteiger partial charge in [0, 0.05) is 0 Å². The number of hydrogen-bond acceptors (Lipinski definition) is 2. The molecule has 2 heteroatoms. The number of likely N-dealkylation sites (tertiary alicyclic amines) is 2. The van der Waals surface area contributed by atoms with Crippen molar-refractivity contribution in [2.24, 2.45) is 5.92 Å². The molecule has 0 amide bonds. The lowest BCUT2D eigenvalue weighted by atomic mass is 9.89. The quantitative estimate of drug-likeness (QED) is 0.558. The maximum atomic E-state index is 2.87. The molecule has 2 aliphatic heterocycles. The van der Waals surface area contributed by atoms with Gasteiger partial charge in [0.05, 0.1) is 6.17 Å². The van der Waals surface area contributed by atoms with Gasteiger partial charge in [0.2, 0.25) is 0 Å². The third-order valence-corrected chi connectivity index (χ3v) is 6.49. The van der Waals surface area contributed by atoms with E-state index in [1.54, 1.807) is 0 Å².